The fourth-order valence-electron chi connectivity index (χ4n) is 3.51. The zero-order valence-corrected chi connectivity index (χ0v) is 14.4. The summed E-state index contributed by atoms with van der Waals surface area (Å²) < 4.78 is 1.64. The second-order valence-electron chi connectivity index (χ2n) is 6.61. The summed E-state index contributed by atoms with van der Waals surface area (Å²) in [5.41, 5.74) is 2.65. The molecule has 0 atom stereocenters. The fraction of sp³-hybridized carbons (Fsp3) is 0.353. The van der Waals surface area contributed by atoms with Gasteiger partial charge in [0.25, 0.3) is 5.56 Å². The van der Waals surface area contributed by atoms with Gasteiger partial charge in [-0.25, -0.2) is 14.8 Å². The number of carboxylic acids is 1. The van der Waals surface area contributed by atoms with Crippen LogP contribution in [0.4, 0.5) is 5.69 Å². The summed E-state index contributed by atoms with van der Waals surface area (Å²) in [6.07, 6.45) is 4.33. The van der Waals surface area contributed by atoms with E-state index in [2.05, 4.69) is 25.4 Å². The summed E-state index contributed by atoms with van der Waals surface area (Å²) in [6, 6.07) is 1.61. The van der Waals surface area contributed by atoms with Crippen LogP contribution >= 0.6 is 0 Å². The molecule has 1 saturated carbocycles. The molecule has 9 heteroatoms. The van der Waals surface area contributed by atoms with E-state index in [1.54, 1.807) is 11.7 Å². The second kappa shape index (κ2) is 5.94. The first kappa shape index (κ1) is 16.2. The summed E-state index contributed by atoms with van der Waals surface area (Å²) >= 11 is 0. The number of nitrogens with zero attached hydrogens (tertiary/aromatic N) is 4. The molecule has 0 bridgehead atoms. The van der Waals surface area contributed by atoms with Crippen LogP contribution in [-0.4, -0.2) is 41.9 Å². The Morgan fingerprint density at radius 3 is 2.85 bits per heavy atom. The van der Waals surface area contributed by atoms with Gasteiger partial charge in [0.15, 0.2) is 5.65 Å². The Hall–Kier alpha value is -3.23. The lowest BCUT2D eigenvalue weighted by atomic mass is 9.78. The van der Waals surface area contributed by atoms with Gasteiger partial charge in [-0.1, -0.05) is 0 Å². The molecule has 3 heterocycles. The summed E-state index contributed by atoms with van der Waals surface area (Å²) in [7, 11) is 1.78. The zero-order valence-electron chi connectivity index (χ0n) is 14.4. The molecule has 0 amide bonds. The SMILES string of the molecule is Cc1nn(C)c2ncc(C(=O)O)c(NC3CC(c4cc(=O)[nH]cn4)C3)c12. The molecule has 134 valence electrons. The lowest BCUT2D eigenvalue weighted by Crippen LogP contribution is -2.35. The maximum absolute atomic E-state index is 11.6. The van der Waals surface area contributed by atoms with Crippen molar-refractivity contribution in [2.24, 2.45) is 7.05 Å². The van der Waals surface area contributed by atoms with Gasteiger partial charge in [0.05, 0.1) is 28.8 Å². The van der Waals surface area contributed by atoms with Gasteiger partial charge in [-0.05, 0) is 19.8 Å². The molecule has 1 aliphatic carbocycles. The number of fused-ring (bicyclic) bond motifs is 1. The third-order valence-electron chi connectivity index (χ3n) is 4.86. The van der Waals surface area contributed by atoms with Crippen LogP contribution in [0, 0.1) is 6.92 Å². The van der Waals surface area contributed by atoms with E-state index < -0.39 is 5.97 Å². The van der Waals surface area contributed by atoms with E-state index in [1.165, 1.54) is 18.6 Å². The Kier molecular flexibility index (Phi) is 3.71. The number of anilines is 1. The Bertz CT molecular complexity index is 1060. The predicted octanol–water partition coefficient (Wildman–Crippen LogP) is 1.42. The van der Waals surface area contributed by atoms with Gasteiger partial charge >= 0.3 is 5.97 Å². The molecule has 3 N–H and O–H groups in total. The van der Waals surface area contributed by atoms with Crippen LogP contribution < -0.4 is 10.9 Å². The van der Waals surface area contributed by atoms with Gasteiger partial charge in [-0.15, -0.1) is 0 Å². The topological polar surface area (TPSA) is 126 Å². The first-order valence-corrected chi connectivity index (χ1v) is 8.30. The average molecular weight is 354 g/mol. The Morgan fingerprint density at radius 1 is 1.38 bits per heavy atom. The molecule has 0 aliphatic heterocycles. The van der Waals surface area contributed by atoms with Crippen molar-refractivity contribution < 1.29 is 9.90 Å². The Morgan fingerprint density at radius 2 is 2.15 bits per heavy atom. The van der Waals surface area contributed by atoms with E-state index >= 15 is 0 Å². The number of rotatable bonds is 4. The van der Waals surface area contributed by atoms with Crippen LogP contribution in [0.1, 0.15) is 40.5 Å². The van der Waals surface area contributed by atoms with Gasteiger partial charge in [-0.2, -0.15) is 5.10 Å². The van der Waals surface area contributed by atoms with Gasteiger partial charge in [-0.3, -0.25) is 9.48 Å². The minimum absolute atomic E-state index is 0.101. The van der Waals surface area contributed by atoms with Crippen molar-refractivity contribution in [2.75, 3.05) is 5.32 Å². The highest BCUT2D eigenvalue weighted by Gasteiger charge is 2.33. The summed E-state index contributed by atoms with van der Waals surface area (Å²) in [5.74, 6) is -0.840. The number of aromatic nitrogens is 5. The van der Waals surface area contributed by atoms with Crippen LogP contribution in [0.25, 0.3) is 11.0 Å². The minimum atomic E-state index is -1.03. The number of H-pyrrole nitrogens is 1. The number of carbonyl (C=O) groups is 1. The third kappa shape index (κ3) is 2.61. The quantitative estimate of drug-likeness (QED) is 0.647. The van der Waals surface area contributed by atoms with Crippen LogP contribution in [0.5, 0.6) is 0 Å². The number of carboxylic acid groups (broad SMARTS) is 1. The smallest absolute Gasteiger partial charge is 0.339 e. The van der Waals surface area contributed by atoms with Crippen molar-refractivity contribution in [2.45, 2.75) is 31.7 Å². The van der Waals surface area contributed by atoms with Crippen LogP contribution in [-0.2, 0) is 7.05 Å². The van der Waals surface area contributed by atoms with E-state index in [-0.39, 0.29) is 23.1 Å². The van der Waals surface area contributed by atoms with E-state index in [1.807, 2.05) is 6.92 Å². The standard InChI is InChI=1S/C17H18N6O3/c1-8-14-15(11(17(25)26)6-18-16(14)23(2)22-8)21-10-3-9(4-10)12-5-13(24)20-7-19-12/h5-7,9-10H,3-4H2,1-2H3,(H,18,21)(H,25,26)(H,19,20,24). The first-order chi connectivity index (χ1) is 12.4. The molecule has 3 aromatic rings. The predicted molar refractivity (Wildman–Crippen MR) is 94.4 cm³/mol. The lowest BCUT2D eigenvalue weighted by molar-refractivity contribution is 0.0697. The summed E-state index contributed by atoms with van der Waals surface area (Å²) in [6.45, 7) is 1.84. The summed E-state index contributed by atoms with van der Waals surface area (Å²) in [5, 5.41) is 18.0. The molecule has 3 aromatic heterocycles. The molecule has 0 saturated heterocycles. The van der Waals surface area contributed by atoms with E-state index in [9.17, 15) is 14.7 Å². The Balaban J connectivity index is 1.63. The van der Waals surface area contributed by atoms with Gasteiger partial charge in [0.2, 0.25) is 0 Å². The molecule has 0 unspecified atom stereocenters. The minimum Gasteiger partial charge on any atom is -0.478 e. The highest BCUT2D eigenvalue weighted by atomic mass is 16.4. The van der Waals surface area contributed by atoms with Crippen molar-refractivity contribution in [3.8, 4) is 0 Å². The molecule has 26 heavy (non-hydrogen) atoms. The molecule has 0 radical (unpaired) electrons. The maximum Gasteiger partial charge on any atom is 0.339 e. The first-order valence-electron chi connectivity index (χ1n) is 8.30. The van der Waals surface area contributed by atoms with Gasteiger partial charge in [0.1, 0.15) is 5.56 Å². The molecule has 4 rings (SSSR count). The monoisotopic (exact) mass is 354 g/mol. The van der Waals surface area contributed by atoms with Crippen molar-refractivity contribution >= 4 is 22.7 Å². The van der Waals surface area contributed by atoms with Crippen molar-refractivity contribution in [1.82, 2.24) is 24.7 Å². The number of aryl methyl sites for hydroxylation is 2. The molecule has 1 aliphatic rings. The van der Waals surface area contributed by atoms with Crippen LogP contribution in [0.15, 0.2) is 23.4 Å². The molecule has 0 aromatic carbocycles. The summed E-state index contributed by atoms with van der Waals surface area (Å²) in [4.78, 5) is 34.0. The van der Waals surface area contributed by atoms with E-state index in [0.29, 0.717) is 11.3 Å². The largest absolute Gasteiger partial charge is 0.478 e. The van der Waals surface area contributed by atoms with Gasteiger partial charge < -0.3 is 15.4 Å². The number of aromatic carboxylic acids is 1. The van der Waals surface area contributed by atoms with Crippen LogP contribution in [0.3, 0.4) is 0 Å². The molecule has 0 spiro atoms. The number of pyridine rings is 1. The second-order valence-corrected chi connectivity index (χ2v) is 6.61. The highest BCUT2D eigenvalue weighted by molar-refractivity contribution is 6.04. The normalized spacial score (nSPS) is 19.3. The van der Waals surface area contributed by atoms with Crippen molar-refractivity contribution in [1.29, 1.82) is 0 Å². The highest BCUT2D eigenvalue weighted by Crippen LogP contribution is 2.39. The van der Waals surface area contributed by atoms with Crippen molar-refractivity contribution in [3.05, 3.63) is 45.9 Å². The zero-order chi connectivity index (χ0) is 18.4. The van der Waals surface area contributed by atoms with Crippen LogP contribution in [0.2, 0.25) is 0 Å². The number of aromatic amines is 1. The number of nitrogens with one attached hydrogen (secondary N) is 2. The van der Waals surface area contributed by atoms with Gasteiger partial charge in [0, 0.05) is 31.3 Å². The number of hydrogen-bond donors (Lipinski definition) is 3. The third-order valence-corrected chi connectivity index (χ3v) is 4.86. The fourth-order valence-corrected chi connectivity index (χ4v) is 3.51. The average Bonchev–Trinajstić information content (AvgIpc) is 2.85. The number of hydrogen-bond acceptors (Lipinski definition) is 6. The van der Waals surface area contributed by atoms with E-state index in [0.717, 1.165) is 29.6 Å². The Labute approximate surface area is 148 Å². The van der Waals surface area contributed by atoms with Crippen molar-refractivity contribution in [3.63, 3.8) is 0 Å². The van der Waals surface area contributed by atoms with E-state index in [4.69, 9.17) is 0 Å². The lowest BCUT2D eigenvalue weighted by Gasteiger charge is -2.36. The molecule has 1 fully saturated rings. The molecular weight excluding hydrogens is 336 g/mol. The molecule has 9 nitrogen and oxygen atoms in total. The molecular formula is C17H18N6O3. The maximum atomic E-state index is 11.6.